The maximum atomic E-state index is 12.0. The van der Waals surface area contributed by atoms with Gasteiger partial charge < -0.3 is 10.4 Å². The monoisotopic (exact) mass is 348 g/mol. The molecule has 0 spiro atoms. The Morgan fingerprint density at radius 2 is 1.68 bits per heavy atom. The zero-order chi connectivity index (χ0) is 17.6. The van der Waals surface area contributed by atoms with Crippen molar-refractivity contribution in [3.05, 3.63) is 78.4 Å². The van der Waals surface area contributed by atoms with E-state index in [1.165, 1.54) is 18.2 Å². The van der Waals surface area contributed by atoms with Gasteiger partial charge in [0.2, 0.25) is 5.91 Å². The van der Waals surface area contributed by atoms with E-state index in [4.69, 9.17) is 12.2 Å². The second-order valence-electron chi connectivity index (χ2n) is 5.39. The minimum atomic E-state index is -0.316. The molecule has 0 radical (unpaired) electrons. The highest BCUT2D eigenvalue weighted by Crippen LogP contribution is 2.19. The molecule has 0 fully saturated rings. The first-order valence-corrected chi connectivity index (χ1v) is 8.09. The zero-order valence-electron chi connectivity index (χ0n) is 13.3. The third-order valence-electron chi connectivity index (χ3n) is 3.60. The summed E-state index contributed by atoms with van der Waals surface area (Å²) in [6, 6.07) is 20.3. The summed E-state index contributed by atoms with van der Waals surface area (Å²) >= 11 is 5.11. The fraction of sp³-hybridized carbons (Fsp3) is 0. The largest absolute Gasteiger partial charge is 0.508 e. The smallest absolute Gasteiger partial charge is 0.250 e. The lowest BCUT2D eigenvalue weighted by atomic mass is 10.0. The summed E-state index contributed by atoms with van der Waals surface area (Å²) in [5.41, 5.74) is 1.65. The molecule has 3 aromatic carbocycles. The Hall–Kier alpha value is -3.18. The minimum Gasteiger partial charge on any atom is -0.508 e. The van der Waals surface area contributed by atoms with Crippen molar-refractivity contribution < 1.29 is 9.90 Å². The van der Waals surface area contributed by atoms with Crippen molar-refractivity contribution in [1.82, 2.24) is 5.32 Å². The lowest BCUT2D eigenvalue weighted by molar-refractivity contribution is -0.115. The number of phenolic OH excluding ortho intramolecular Hbond substituents is 1. The number of anilines is 1. The lowest BCUT2D eigenvalue weighted by Crippen LogP contribution is -2.32. The molecule has 3 N–H and O–H groups in total. The molecule has 25 heavy (non-hydrogen) atoms. The van der Waals surface area contributed by atoms with Gasteiger partial charge >= 0.3 is 0 Å². The number of hydrogen-bond acceptors (Lipinski definition) is 3. The Morgan fingerprint density at radius 1 is 0.960 bits per heavy atom. The maximum absolute atomic E-state index is 12.0. The Labute approximate surface area is 150 Å². The van der Waals surface area contributed by atoms with E-state index in [0.29, 0.717) is 5.69 Å². The van der Waals surface area contributed by atoms with Gasteiger partial charge in [-0.15, -0.1) is 0 Å². The van der Waals surface area contributed by atoms with E-state index in [1.807, 2.05) is 42.5 Å². The van der Waals surface area contributed by atoms with Crippen molar-refractivity contribution in [1.29, 1.82) is 0 Å². The molecule has 3 rings (SSSR count). The number of fused-ring (bicyclic) bond motifs is 1. The van der Waals surface area contributed by atoms with Crippen molar-refractivity contribution in [2.24, 2.45) is 0 Å². The molecule has 0 heterocycles. The third-order valence-corrected chi connectivity index (χ3v) is 3.80. The number of nitrogens with one attached hydrogen (secondary N) is 2. The van der Waals surface area contributed by atoms with Crippen LogP contribution in [0.15, 0.2) is 72.8 Å². The van der Waals surface area contributed by atoms with Crippen LogP contribution in [0.1, 0.15) is 5.56 Å². The van der Waals surface area contributed by atoms with Crippen molar-refractivity contribution in [2.75, 3.05) is 5.32 Å². The van der Waals surface area contributed by atoms with Gasteiger partial charge in [0.15, 0.2) is 5.11 Å². The van der Waals surface area contributed by atoms with Gasteiger partial charge in [-0.05, 0) is 58.9 Å². The number of rotatable bonds is 3. The summed E-state index contributed by atoms with van der Waals surface area (Å²) in [6.45, 7) is 0. The van der Waals surface area contributed by atoms with E-state index < -0.39 is 0 Å². The molecule has 0 atom stereocenters. The molecule has 0 aliphatic carbocycles. The lowest BCUT2D eigenvalue weighted by Gasteiger charge is -2.08. The average Bonchev–Trinajstić information content (AvgIpc) is 2.62. The molecule has 0 saturated heterocycles. The first-order chi connectivity index (χ1) is 12.1. The molecule has 0 aliphatic rings. The quantitative estimate of drug-likeness (QED) is 0.379. The first kappa shape index (κ1) is 16.7. The van der Waals surface area contributed by atoms with Crippen molar-refractivity contribution in [3.8, 4) is 5.75 Å². The number of carbonyl (C=O) groups excluding carboxylic acids is 1. The van der Waals surface area contributed by atoms with E-state index in [2.05, 4.69) is 10.6 Å². The molecule has 3 aromatic rings. The second kappa shape index (κ2) is 7.59. The Bertz CT molecular complexity index is 944. The molecule has 0 saturated carbocycles. The zero-order valence-corrected chi connectivity index (χ0v) is 14.1. The van der Waals surface area contributed by atoms with Crippen LogP contribution in [0.5, 0.6) is 5.75 Å². The van der Waals surface area contributed by atoms with Crippen LogP contribution in [0.25, 0.3) is 16.8 Å². The van der Waals surface area contributed by atoms with Gasteiger partial charge in [0.05, 0.1) is 0 Å². The molecule has 124 valence electrons. The van der Waals surface area contributed by atoms with Gasteiger partial charge in [0.1, 0.15) is 5.75 Å². The fourth-order valence-corrected chi connectivity index (χ4v) is 2.64. The number of aromatic hydroxyl groups is 1. The molecular formula is C20H16N2O2S. The predicted molar refractivity (Wildman–Crippen MR) is 105 cm³/mol. The van der Waals surface area contributed by atoms with E-state index in [9.17, 15) is 9.90 Å². The molecule has 4 nitrogen and oxygen atoms in total. The molecule has 0 aromatic heterocycles. The number of hydrogen-bond donors (Lipinski definition) is 3. The standard InChI is InChI=1S/C20H16N2O2S/c23-17-11-9-16(10-12-17)21-20(25)22-19(24)13-8-15-6-3-5-14-4-1-2-7-18(14)15/h1-13,23H,(H2,21,22,24,25)/b13-8+. The van der Waals surface area contributed by atoms with Gasteiger partial charge in [0.25, 0.3) is 0 Å². The third kappa shape index (κ3) is 4.43. The van der Waals surface area contributed by atoms with Crippen LogP contribution >= 0.6 is 12.2 Å². The van der Waals surface area contributed by atoms with Crippen LogP contribution < -0.4 is 10.6 Å². The molecule has 0 aliphatic heterocycles. The number of amides is 1. The van der Waals surface area contributed by atoms with Crippen molar-refractivity contribution in [3.63, 3.8) is 0 Å². The number of benzene rings is 3. The Kier molecular flexibility index (Phi) is 5.06. The van der Waals surface area contributed by atoms with E-state index >= 15 is 0 Å². The summed E-state index contributed by atoms with van der Waals surface area (Å²) in [7, 11) is 0. The van der Waals surface area contributed by atoms with Crippen molar-refractivity contribution >= 4 is 45.8 Å². The number of phenols is 1. The topological polar surface area (TPSA) is 61.4 Å². The molecule has 0 bridgehead atoms. The maximum Gasteiger partial charge on any atom is 0.250 e. The second-order valence-corrected chi connectivity index (χ2v) is 5.80. The SMILES string of the molecule is O=C(/C=C/c1cccc2ccccc12)NC(=S)Nc1ccc(O)cc1. The predicted octanol–water partition coefficient (Wildman–Crippen LogP) is 4.07. The summed E-state index contributed by atoms with van der Waals surface area (Å²) in [5.74, 6) is -0.150. The van der Waals surface area contributed by atoms with E-state index in [1.54, 1.807) is 18.2 Å². The highest BCUT2D eigenvalue weighted by Gasteiger charge is 2.02. The fourth-order valence-electron chi connectivity index (χ4n) is 2.42. The number of thiocarbonyl (C=S) groups is 1. The van der Waals surface area contributed by atoms with Gasteiger partial charge in [-0.1, -0.05) is 42.5 Å². The number of carbonyl (C=O) groups is 1. The summed E-state index contributed by atoms with van der Waals surface area (Å²) in [6.07, 6.45) is 3.22. The van der Waals surface area contributed by atoms with Crippen LogP contribution in [0.4, 0.5) is 5.69 Å². The van der Waals surface area contributed by atoms with Gasteiger partial charge in [-0.25, -0.2) is 0 Å². The van der Waals surface area contributed by atoms with E-state index in [0.717, 1.165) is 16.3 Å². The molecular weight excluding hydrogens is 332 g/mol. The van der Waals surface area contributed by atoms with Crippen LogP contribution in [0.3, 0.4) is 0 Å². The van der Waals surface area contributed by atoms with Crippen LogP contribution in [0.2, 0.25) is 0 Å². The Morgan fingerprint density at radius 3 is 2.48 bits per heavy atom. The highest BCUT2D eigenvalue weighted by molar-refractivity contribution is 7.80. The highest BCUT2D eigenvalue weighted by atomic mass is 32.1. The van der Waals surface area contributed by atoms with Crippen LogP contribution in [-0.4, -0.2) is 16.1 Å². The summed E-state index contributed by atoms with van der Waals surface area (Å²) < 4.78 is 0. The van der Waals surface area contributed by atoms with Gasteiger partial charge in [-0.2, -0.15) is 0 Å². The molecule has 5 heteroatoms. The normalized spacial score (nSPS) is 10.7. The van der Waals surface area contributed by atoms with Crippen LogP contribution in [-0.2, 0) is 4.79 Å². The summed E-state index contributed by atoms with van der Waals surface area (Å²) in [5, 5.41) is 17.1. The van der Waals surface area contributed by atoms with Crippen molar-refractivity contribution in [2.45, 2.75) is 0 Å². The molecule has 0 unspecified atom stereocenters. The average molecular weight is 348 g/mol. The summed E-state index contributed by atoms with van der Waals surface area (Å²) in [4.78, 5) is 12.0. The van der Waals surface area contributed by atoms with Crippen LogP contribution in [0, 0.1) is 0 Å². The minimum absolute atomic E-state index is 0.165. The molecule has 1 amide bonds. The van der Waals surface area contributed by atoms with E-state index in [-0.39, 0.29) is 16.8 Å². The van der Waals surface area contributed by atoms with Gasteiger partial charge in [-0.3, -0.25) is 10.1 Å². The first-order valence-electron chi connectivity index (χ1n) is 7.69. The van der Waals surface area contributed by atoms with Gasteiger partial charge in [0, 0.05) is 11.8 Å². The Balaban J connectivity index is 1.64.